The van der Waals surface area contributed by atoms with E-state index < -0.39 is 11.7 Å². The predicted octanol–water partition coefficient (Wildman–Crippen LogP) is 2.93. The molecule has 0 aliphatic carbocycles. The van der Waals surface area contributed by atoms with Crippen LogP contribution in [0.5, 0.6) is 0 Å². The van der Waals surface area contributed by atoms with Gasteiger partial charge in [0.15, 0.2) is 17.2 Å². The third-order valence-corrected chi connectivity index (χ3v) is 3.39. The van der Waals surface area contributed by atoms with Crippen molar-refractivity contribution in [1.29, 1.82) is 0 Å². The summed E-state index contributed by atoms with van der Waals surface area (Å²) in [7, 11) is 0. The highest BCUT2D eigenvalue weighted by atomic mass is 79.9. The molecule has 0 spiro atoms. The Hall–Kier alpha value is -2.06. The summed E-state index contributed by atoms with van der Waals surface area (Å²) >= 11 is 9.00. The summed E-state index contributed by atoms with van der Waals surface area (Å²) in [6, 6.07) is 4.52. The second-order valence-electron chi connectivity index (χ2n) is 3.99. The first-order valence-electron chi connectivity index (χ1n) is 5.68. The van der Waals surface area contributed by atoms with Crippen LogP contribution in [-0.4, -0.2) is 25.5 Å². The largest absolute Gasteiger partial charge is 0.318 e. The Labute approximate surface area is 131 Å². The zero-order chi connectivity index (χ0) is 15.0. The molecule has 1 amide bonds. The number of nitrogens with zero attached hydrogens (tertiary/aromatic N) is 4. The van der Waals surface area contributed by atoms with Crippen LogP contribution in [0.3, 0.4) is 0 Å². The molecule has 0 saturated carbocycles. The van der Waals surface area contributed by atoms with E-state index in [0.717, 1.165) is 6.20 Å². The molecule has 9 heteroatoms. The van der Waals surface area contributed by atoms with Crippen molar-refractivity contribution in [2.45, 2.75) is 0 Å². The number of fused-ring (bicyclic) bond motifs is 1. The fraction of sp³-hybridized carbons (Fsp3) is 0. The standard InChI is InChI=1S/C12H6BrClFN5O/c13-11-10(20-9(18-11)2-1-8(14)19-20)12(21)17-7-3-4-16-5-6(7)15/h1-5H,(H,16,17,21). The summed E-state index contributed by atoms with van der Waals surface area (Å²) < 4.78 is 15.1. The Morgan fingerprint density at radius 1 is 1.38 bits per heavy atom. The van der Waals surface area contributed by atoms with Crippen LogP contribution < -0.4 is 5.32 Å². The molecule has 0 fully saturated rings. The predicted molar refractivity (Wildman–Crippen MR) is 77.8 cm³/mol. The van der Waals surface area contributed by atoms with Crippen LogP contribution in [0.2, 0.25) is 5.15 Å². The van der Waals surface area contributed by atoms with Gasteiger partial charge in [-0.1, -0.05) is 11.6 Å². The normalized spacial score (nSPS) is 10.8. The average Bonchev–Trinajstić information content (AvgIpc) is 2.76. The highest BCUT2D eigenvalue weighted by molar-refractivity contribution is 9.10. The molecule has 3 rings (SSSR count). The lowest BCUT2D eigenvalue weighted by atomic mass is 10.3. The van der Waals surface area contributed by atoms with E-state index in [4.69, 9.17) is 11.6 Å². The van der Waals surface area contributed by atoms with Crippen LogP contribution in [-0.2, 0) is 0 Å². The number of hydrogen-bond donors (Lipinski definition) is 1. The lowest BCUT2D eigenvalue weighted by molar-refractivity contribution is 0.101. The van der Waals surface area contributed by atoms with Gasteiger partial charge < -0.3 is 5.32 Å². The minimum Gasteiger partial charge on any atom is -0.318 e. The molecule has 0 aromatic carbocycles. The van der Waals surface area contributed by atoms with Crippen molar-refractivity contribution in [1.82, 2.24) is 19.6 Å². The summed E-state index contributed by atoms with van der Waals surface area (Å²) in [5.41, 5.74) is 0.564. The van der Waals surface area contributed by atoms with Gasteiger partial charge in [-0.2, -0.15) is 5.10 Å². The number of amides is 1. The number of imidazole rings is 1. The molecular formula is C12H6BrClFN5O. The van der Waals surface area contributed by atoms with Gasteiger partial charge in [0.1, 0.15) is 9.76 Å². The van der Waals surface area contributed by atoms with E-state index in [1.54, 1.807) is 12.1 Å². The van der Waals surface area contributed by atoms with Gasteiger partial charge in [-0.25, -0.2) is 13.9 Å². The van der Waals surface area contributed by atoms with E-state index in [2.05, 4.69) is 36.3 Å². The number of rotatable bonds is 2. The Balaban J connectivity index is 2.04. The Morgan fingerprint density at radius 2 is 2.19 bits per heavy atom. The van der Waals surface area contributed by atoms with E-state index in [1.165, 1.54) is 16.8 Å². The monoisotopic (exact) mass is 369 g/mol. The summed E-state index contributed by atoms with van der Waals surface area (Å²) in [5, 5.41) is 6.65. The first-order valence-corrected chi connectivity index (χ1v) is 6.85. The van der Waals surface area contributed by atoms with Gasteiger partial charge >= 0.3 is 0 Å². The number of carbonyl (C=O) groups is 1. The Kier molecular flexibility index (Phi) is 3.56. The molecule has 0 aliphatic rings. The maximum Gasteiger partial charge on any atom is 0.277 e. The van der Waals surface area contributed by atoms with E-state index in [9.17, 15) is 9.18 Å². The molecule has 3 aromatic heterocycles. The van der Waals surface area contributed by atoms with Crippen LogP contribution >= 0.6 is 27.5 Å². The van der Waals surface area contributed by atoms with Crippen molar-refractivity contribution in [3.63, 3.8) is 0 Å². The van der Waals surface area contributed by atoms with E-state index in [-0.39, 0.29) is 21.1 Å². The van der Waals surface area contributed by atoms with Crippen molar-refractivity contribution in [3.8, 4) is 0 Å². The van der Waals surface area contributed by atoms with Gasteiger partial charge in [-0.15, -0.1) is 0 Å². The quantitative estimate of drug-likeness (QED) is 0.753. The van der Waals surface area contributed by atoms with Crippen LogP contribution in [0.25, 0.3) is 5.65 Å². The Morgan fingerprint density at radius 3 is 2.95 bits per heavy atom. The number of pyridine rings is 1. The molecule has 0 atom stereocenters. The number of nitrogens with one attached hydrogen (secondary N) is 1. The average molecular weight is 371 g/mol. The molecule has 1 N–H and O–H groups in total. The fourth-order valence-electron chi connectivity index (χ4n) is 1.73. The molecule has 6 nitrogen and oxygen atoms in total. The second-order valence-corrected chi connectivity index (χ2v) is 5.13. The van der Waals surface area contributed by atoms with Gasteiger partial charge in [0.25, 0.3) is 5.91 Å². The van der Waals surface area contributed by atoms with Gasteiger partial charge in [0, 0.05) is 6.20 Å². The third-order valence-electron chi connectivity index (χ3n) is 2.64. The number of aromatic nitrogens is 4. The molecule has 3 aromatic rings. The molecule has 0 saturated heterocycles. The van der Waals surface area contributed by atoms with E-state index in [0.29, 0.717) is 5.65 Å². The molecule has 0 bridgehead atoms. The van der Waals surface area contributed by atoms with Crippen molar-refractivity contribution in [2.24, 2.45) is 0 Å². The third kappa shape index (κ3) is 2.59. The lowest BCUT2D eigenvalue weighted by Gasteiger charge is -2.05. The van der Waals surface area contributed by atoms with Crippen molar-refractivity contribution >= 4 is 44.8 Å². The molecule has 3 heterocycles. The molecule has 21 heavy (non-hydrogen) atoms. The number of hydrogen-bond acceptors (Lipinski definition) is 4. The molecular weight excluding hydrogens is 365 g/mol. The first kappa shape index (κ1) is 13.9. The zero-order valence-electron chi connectivity index (χ0n) is 10.2. The zero-order valence-corrected chi connectivity index (χ0v) is 12.6. The maximum atomic E-state index is 13.5. The van der Waals surface area contributed by atoms with Crippen molar-refractivity contribution < 1.29 is 9.18 Å². The number of carbonyl (C=O) groups excluding carboxylic acids is 1. The van der Waals surface area contributed by atoms with E-state index in [1.807, 2.05) is 0 Å². The maximum absolute atomic E-state index is 13.5. The van der Waals surface area contributed by atoms with E-state index >= 15 is 0 Å². The lowest BCUT2D eigenvalue weighted by Crippen LogP contribution is -2.16. The van der Waals surface area contributed by atoms with Gasteiger partial charge in [-0.05, 0) is 34.1 Å². The highest BCUT2D eigenvalue weighted by Gasteiger charge is 2.20. The van der Waals surface area contributed by atoms with Crippen LogP contribution in [0.15, 0.2) is 35.2 Å². The topological polar surface area (TPSA) is 72.2 Å². The minimum atomic E-state index is -0.637. The Bertz CT molecular complexity index is 853. The smallest absolute Gasteiger partial charge is 0.277 e. The summed E-state index contributed by atoms with van der Waals surface area (Å²) in [6.07, 6.45) is 2.38. The van der Waals surface area contributed by atoms with Crippen LogP contribution in [0.4, 0.5) is 10.1 Å². The van der Waals surface area contributed by atoms with Crippen LogP contribution in [0.1, 0.15) is 10.5 Å². The van der Waals surface area contributed by atoms with Gasteiger partial charge in [0.2, 0.25) is 0 Å². The van der Waals surface area contributed by atoms with Crippen molar-refractivity contribution in [3.05, 3.63) is 51.9 Å². The highest BCUT2D eigenvalue weighted by Crippen LogP contribution is 2.21. The minimum absolute atomic E-state index is 0.0129. The van der Waals surface area contributed by atoms with Crippen LogP contribution in [0, 0.1) is 5.82 Å². The van der Waals surface area contributed by atoms with Gasteiger partial charge in [0.05, 0.1) is 11.9 Å². The summed E-state index contributed by atoms with van der Waals surface area (Å²) in [4.78, 5) is 20.0. The SMILES string of the molecule is O=C(Nc1ccncc1F)c1c(Br)nc2ccc(Cl)nn12. The molecule has 106 valence electrons. The summed E-state index contributed by atoms with van der Waals surface area (Å²) in [5.74, 6) is -1.21. The molecule has 0 aliphatic heterocycles. The molecule has 0 radical (unpaired) electrons. The molecule has 0 unspecified atom stereocenters. The van der Waals surface area contributed by atoms with Crippen molar-refractivity contribution in [2.75, 3.05) is 5.32 Å². The number of halogens is 3. The number of anilines is 1. The second kappa shape index (κ2) is 5.38. The summed E-state index contributed by atoms with van der Waals surface area (Å²) in [6.45, 7) is 0. The fourth-order valence-corrected chi connectivity index (χ4v) is 2.40. The first-order chi connectivity index (χ1) is 10.1. The van der Waals surface area contributed by atoms with Gasteiger partial charge in [-0.3, -0.25) is 9.78 Å².